The second-order valence-electron chi connectivity index (χ2n) is 9.56. The predicted octanol–water partition coefficient (Wildman–Crippen LogP) is 9.33. The van der Waals surface area contributed by atoms with E-state index in [1.807, 2.05) is 30.3 Å². The fourth-order valence-corrected chi connectivity index (χ4v) is 4.05. The summed E-state index contributed by atoms with van der Waals surface area (Å²) >= 11 is 0. The van der Waals surface area contributed by atoms with Crippen LogP contribution in [0.3, 0.4) is 0 Å². The molecule has 0 aliphatic carbocycles. The van der Waals surface area contributed by atoms with E-state index in [0.717, 1.165) is 30.8 Å². The molecule has 0 spiro atoms. The number of hydrogen-bond acceptors (Lipinski definition) is 4. The van der Waals surface area contributed by atoms with Gasteiger partial charge in [0, 0.05) is 0 Å². The largest absolute Gasteiger partial charge is 0.494 e. The van der Waals surface area contributed by atoms with E-state index in [4.69, 9.17) is 14.2 Å². The molecule has 0 radical (unpaired) electrons. The number of rotatable bonds is 20. The van der Waals surface area contributed by atoms with Gasteiger partial charge in [-0.2, -0.15) is 0 Å². The first-order valence-electron chi connectivity index (χ1n) is 13.9. The second-order valence-corrected chi connectivity index (χ2v) is 9.56. The van der Waals surface area contributed by atoms with Crippen LogP contribution in [0.2, 0.25) is 0 Å². The third kappa shape index (κ3) is 12.8. The fraction of sp³-hybridized carbons (Fsp3) is 0.531. The van der Waals surface area contributed by atoms with Gasteiger partial charge in [-0.15, -0.1) is 6.58 Å². The van der Waals surface area contributed by atoms with Gasteiger partial charge in [-0.3, -0.25) is 0 Å². The molecule has 0 saturated heterocycles. The Hall–Kier alpha value is -2.75. The van der Waals surface area contributed by atoms with Gasteiger partial charge in [-0.1, -0.05) is 64.4 Å². The van der Waals surface area contributed by atoms with E-state index in [-0.39, 0.29) is 12.1 Å². The molecule has 0 amide bonds. The molecule has 2 aromatic carbocycles. The van der Waals surface area contributed by atoms with Crippen molar-refractivity contribution in [1.82, 2.24) is 0 Å². The highest BCUT2D eigenvalue weighted by Crippen LogP contribution is 2.22. The van der Waals surface area contributed by atoms with E-state index < -0.39 is 0 Å². The maximum absolute atomic E-state index is 12.5. The Balaban J connectivity index is 1.64. The molecule has 36 heavy (non-hydrogen) atoms. The van der Waals surface area contributed by atoms with E-state index in [0.29, 0.717) is 17.9 Å². The predicted molar refractivity (Wildman–Crippen MR) is 149 cm³/mol. The first-order valence-corrected chi connectivity index (χ1v) is 13.9. The Morgan fingerprint density at radius 2 is 1.36 bits per heavy atom. The van der Waals surface area contributed by atoms with Crippen molar-refractivity contribution in [3.05, 3.63) is 66.7 Å². The van der Waals surface area contributed by atoms with Crippen LogP contribution in [-0.4, -0.2) is 18.7 Å². The summed E-state index contributed by atoms with van der Waals surface area (Å²) in [5.41, 5.74) is 0.500. The number of benzene rings is 2. The number of esters is 1. The molecule has 2 aromatic rings. The molecule has 0 aliphatic rings. The fourth-order valence-electron chi connectivity index (χ4n) is 4.05. The Morgan fingerprint density at radius 1 is 0.778 bits per heavy atom. The van der Waals surface area contributed by atoms with E-state index in [1.54, 1.807) is 24.3 Å². The highest BCUT2D eigenvalue weighted by molar-refractivity contribution is 5.91. The zero-order chi connectivity index (χ0) is 25.8. The van der Waals surface area contributed by atoms with Crippen molar-refractivity contribution in [2.24, 2.45) is 0 Å². The van der Waals surface area contributed by atoms with Gasteiger partial charge >= 0.3 is 5.97 Å². The third-order valence-electron chi connectivity index (χ3n) is 6.25. The summed E-state index contributed by atoms with van der Waals surface area (Å²) in [6.07, 6.45) is 18.0. The number of ether oxygens (including phenoxy) is 3. The van der Waals surface area contributed by atoms with E-state index in [2.05, 4.69) is 20.4 Å². The van der Waals surface area contributed by atoms with Crippen molar-refractivity contribution in [2.75, 3.05) is 6.61 Å². The van der Waals surface area contributed by atoms with Gasteiger partial charge in [0.2, 0.25) is 0 Å². The van der Waals surface area contributed by atoms with Crippen molar-refractivity contribution >= 4 is 5.97 Å². The average Bonchev–Trinajstić information content (AvgIpc) is 2.89. The van der Waals surface area contributed by atoms with Gasteiger partial charge in [0.15, 0.2) is 0 Å². The van der Waals surface area contributed by atoms with E-state index in [9.17, 15) is 4.79 Å². The quantitative estimate of drug-likeness (QED) is 0.0796. The summed E-state index contributed by atoms with van der Waals surface area (Å²) in [4.78, 5) is 12.5. The molecule has 1 atom stereocenters. The van der Waals surface area contributed by atoms with Gasteiger partial charge in [-0.05, 0) is 87.6 Å². The summed E-state index contributed by atoms with van der Waals surface area (Å²) in [5, 5.41) is 0. The van der Waals surface area contributed by atoms with Crippen LogP contribution in [0.5, 0.6) is 17.2 Å². The Bertz CT molecular complexity index is 841. The van der Waals surface area contributed by atoms with Crippen molar-refractivity contribution in [1.29, 1.82) is 0 Å². The Labute approximate surface area is 219 Å². The van der Waals surface area contributed by atoms with Crippen LogP contribution in [0.15, 0.2) is 61.2 Å². The molecule has 1 unspecified atom stereocenters. The van der Waals surface area contributed by atoms with Gasteiger partial charge < -0.3 is 14.2 Å². The van der Waals surface area contributed by atoms with Crippen LogP contribution in [0.1, 0.15) is 108 Å². The summed E-state index contributed by atoms with van der Waals surface area (Å²) in [7, 11) is 0. The van der Waals surface area contributed by atoms with Crippen LogP contribution in [0.25, 0.3) is 0 Å². The minimum absolute atomic E-state index is 0.174. The standard InChI is InChI=1S/C32H46O4/c1-4-6-8-10-11-12-13-14-16-26-34-29-20-18-28(19-21-29)32(33)36-31-24-22-30(23-25-31)35-27(3)17-15-9-7-5-2/h4,18-25,27H,1,5-17,26H2,2-3H3. The molecule has 198 valence electrons. The molecule has 0 saturated carbocycles. The number of carbonyl (C=O) groups is 1. The number of unbranched alkanes of at least 4 members (excludes halogenated alkanes) is 10. The molecule has 0 N–H and O–H groups in total. The van der Waals surface area contributed by atoms with Crippen molar-refractivity contribution in [3.63, 3.8) is 0 Å². The molecule has 4 heteroatoms. The molecule has 0 bridgehead atoms. The molecule has 2 rings (SSSR count). The maximum Gasteiger partial charge on any atom is 0.343 e. The molecule has 0 heterocycles. The zero-order valence-electron chi connectivity index (χ0n) is 22.5. The SMILES string of the molecule is C=CCCCCCCCCCOc1ccc(C(=O)Oc2ccc(OC(C)CCCCCC)cc2)cc1. The monoisotopic (exact) mass is 494 g/mol. The molecule has 4 nitrogen and oxygen atoms in total. The van der Waals surface area contributed by atoms with Crippen molar-refractivity contribution < 1.29 is 19.0 Å². The third-order valence-corrected chi connectivity index (χ3v) is 6.25. The lowest BCUT2D eigenvalue weighted by Gasteiger charge is -2.15. The molecule has 0 aliphatic heterocycles. The first kappa shape index (κ1) is 29.5. The lowest BCUT2D eigenvalue weighted by molar-refractivity contribution is 0.0734. The summed E-state index contributed by atoms with van der Waals surface area (Å²) < 4.78 is 17.3. The second kappa shape index (κ2) is 18.5. The first-order chi connectivity index (χ1) is 17.6. The number of hydrogen-bond donors (Lipinski definition) is 0. The molecule has 0 fully saturated rings. The highest BCUT2D eigenvalue weighted by Gasteiger charge is 2.10. The summed E-state index contributed by atoms with van der Waals surface area (Å²) in [6, 6.07) is 14.4. The number of allylic oxidation sites excluding steroid dienone is 1. The minimum atomic E-state index is -0.382. The molecule has 0 aromatic heterocycles. The van der Waals surface area contributed by atoms with Crippen LogP contribution < -0.4 is 14.2 Å². The molecular weight excluding hydrogens is 448 g/mol. The maximum atomic E-state index is 12.5. The van der Waals surface area contributed by atoms with E-state index >= 15 is 0 Å². The van der Waals surface area contributed by atoms with Crippen LogP contribution in [0.4, 0.5) is 0 Å². The van der Waals surface area contributed by atoms with E-state index in [1.165, 1.54) is 64.2 Å². The van der Waals surface area contributed by atoms with Gasteiger partial charge in [0.25, 0.3) is 0 Å². The minimum Gasteiger partial charge on any atom is -0.494 e. The number of carbonyl (C=O) groups excluding carboxylic acids is 1. The van der Waals surface area contributed by atoms with Crippen LogP contribution in [-0.2, 0) is 0 Å². The van der Waals surface area contributed by atoms with Crippen molar-refractivity contribution in [3.8, 4) is 17.2 Å². The van der Waals surface area contributed by atoms with Crippen LogP contribution in [0, 0.1) is 0 Å². The summed E-state index contributed by atoms with van der Waals surface area (Å²) in [6.45, 7) is 8.78. The smallest absolute Gasteiger partial charge is 0.343 e. The molecular formula is C32H46O4. The van der Waals surface area contributed by atoms with Gasteiger partial charge in [-0.25, -0.2) is 4.79 Å². The lowest BCUT2D eigenvalue weighted by Crippen LogP contribution is -2.11. The average molecular weight is 495 g/mol. The Morgan fingerprint density at radius 3 is 2.03 bits per heavy atom. The topological polar surface area (TPSA) is 44.8 Å². The van der Waals surface area contributed by atoms with Crippen LogP contribution >= 0.6 is 0 Å². The Kier molecular flexibility index (Phi) is 15.2. The summed E-state index contributed by atoms with van der Waals surface area (Å²) in [5.74, 6) is 1.70. The highest BCUT2D eigenvalue weighted by atomic mass is 16.5. The van der Waals surface area contributed by atoms with Crippen molar-refractivity contribution in [2.45, 2.75) is 103 Å². The lowest BCUT2D eigenvalue weighted by atomic mass is 10.1. The van der Waals surface area contributed by atoms with Gasteiger partial charge in [0.05, 0.1) is 18.3 Å². The van der Waals surface area contributed by atoms with Gasteiger partial charge in [0.1, 0.15) is 17.2 Å². The zero-order valence-corrected chi connectivity index (χ0v) is 22.5. The normalized spacial score (nSPS) is 11.6.